The van der Waals surface area contributed by atoms with Crippen LogP contribution >= 0.6 is 0 Å². The van der Waals surface area contributed by atoms with Crippen molar-refractivity contribution in [1.82, 2.24) is 4.90 Å². The monoisotopic (exact) mass is 412 g/mol. The Morgan fingerprint density at radius 2 is 1.93 bits per heavy atom. The molecule has 156 valence electrons. The van der Waals surface area contributed by atoms with Crippen molar-refractivity contribution in [2.75, 3.05) is 49.1 Å². The normalized spacial score (nSPS) is 23.5. The summed E-state index contributed by atoms with van der Waals surface area (Å²) in [6, 6.07) is 6.38. The Labute approximate surface area is 167 Å². The van der Waals surface area contributed by atoms with Crippen molar-refractivity contribution in [3.63, 3.8) is 0 Å². The Balaban J connectivity index is 1.58. The lowest BCUT2D eigenvalue weighted by molar-refractivity contribution is -0.892. The van der Waals surface area contributed by atoms with Crippen LogP contribution in [0.25, 0.3) is 0 Å². The second kappa shape index (κ2) is 8.78. The lowest BCUT2D eigenvalue weighted by Crippen LogP contribution is -3.16. The molecule has 3 rings (SSSR count). The molecule has 1 amide bonds. The summed E-state index contributed by atoms with van der Waals surface area (Å²) in [6.07, 6.45) is 1.36. The van der Waals surface area contributed by atoms with Gasteiger partial charge in [0.25, 0.3) is 5.91 Å². The number of anilines is 1. The zero-order chi connectivity index (χ0) is 20.3. The summed E-state index contributed by atoms with van der Waals surface area (Å²) in [5.41, 5.74) is 1.00. The van der Waals surface area contributed by atoms with Crippen molar-refractivity contribution in [3.05, 3.63) is 30.1 Å². The summed E-state index contributed by atoms with van der Waals surface area (Å²) in [6.45, 7) is 7.73. The summed E-state index contributed by atoms with van der Waals surface area (Å²) in [5.74, 6) is 0.0945. The van der Waals surface area contributed by atoms with Crippen molar-refractivity contribution in [2.24, 2.45) is 0 Å². The number of quaternary nitrogens is 1. The lowest BCUT2D eigenvalue weighted by atomic mass is 10.1. The van der Waals surface area contributed by atoms with Gasteiger partial charge < -0.3 is 14.7 Å². The molecule has 1 N–H and O–H groups in total. The summed E-state index contributed by atoms with van der Waals surface area (Å²) >= 11 is 0. The minimum Gasteiger partial charge on any atom is -0.360 e. The molecule has 8 heteroatoms. The molecule has 0 saturated carbocycles. The molecule has 0 aliphatic carbocycles. The summed E-state index contributed by atoms with van der Waals surface area (Å²) < 4.78 is 36.9. The van der Waals surface area contributed by atoms with Crippen molar-refractivity contribution >= 4 is 21.4 Å². The molecule has 0 unspecified atom stereocenters. The highest BCUT2D eigenvalue weighted by atomic mass is 32.2. The lowest BCUT2D eigenvalue weighted by Gasteiger charge is -2.37. The number of rotatable bonds is 6. The number of nitrogens with zero attached hydrogens (tertiary/aromatic N) is 2. The molecule has 2 aliphatic rings. The highest BCUT2D eigenvalue weighted by molar-refractivity contribution is 7.91. The maximum absolute atomic E-state index is 13.1. The van der Waals surface area contributed by atoms with E-state index in [2.05, 4.69) is 4.90 Å². The van der Waals surface area contributed by atoms with Gasteiger partial charge in [0.15, 0.2) is 16.4 Å². The summed E-state index contributed by atoms with van der Waals surface area (Å²) in [5, 5.41) is 0. The van der Waals surface area contributed by atoms with Gasteiger partial charge in [-0.05, 0) is 44.0 Å². The highest BCUT2D eigenvalue weighted by Crippen LogP contribution is 2.21. The molecule has 2 saturated heterocycles. The zero-order valence-electron chi connectivity index (χ0n) is 16.7. The van der Waals surface area contributed by atoms with Gasteiger partial charge in [0.05, 0.1) is 37.7 Å². The SMILES string of the molecule is CC[C@@H](C)N(C(=O)C[NH+]1CCN(c2ccc(F)cc2)CC1)[C@H]1CCS(=O)(=O)C1. The maximum atomic E-state index is 13.1. The zero-order valence-corrected chi connectivity index (χ0v) is 17.5. The number of halogens is 1. The van der Waals surface area contributed by atoms with Crippen molar-refractivity contribution in [2.45, 2.75) is 38.8 Å². The van der Waals surface area contributed by atoms with Gasteiger partial charge in [0, 0.05) is 17.8 Å². The molecular weight excluding hydrogens is 381 g/mol. The van der Waals surface area contributed by atoms with E-state index in [1.807, 2.05) is 18.7 Å². The number of nitrogens with one attached hydrogen (secondary N) is 1. The van der Waals surface area contributed by atoms with Crippen LogP contribution in [0.2, 0.25) is 0 Å². The standard InChI is InChI=1S/C20H30FN3O3S/c1-3-16(2)24(19-8-13-28(26,27)15-19)20(25)14-22-9-11-23(12-10-22)18-6-4-17(21)5-7-18/h4-7,16,19H,3,8-15H2,1-2H3/p+1/t16-,19+/m1/s1. The van der Waals surface area contributed by atoms with E-state index in [-0.39, 0.29) is 35.3 Å². The average Bonchev–Trinajstić information content (AvgIpc) is 3.02. The molecule has 0 radical (unpaired) electrons. The Morgan fingerprint density at radius 3 is 2.46 bits per heavy atom. The summed E-state index contributed by atoms with van der Waals surface area (Å²) in [4.78, 5) is 18.3. The van der Waals surface area contributed by atoms with Gasteiger partial charge in [0.2, 0.25) is 0 Å². The predicted molar refractivity (Wildman–Crippen MR) is 108 cm³/mol. The average molecular weight is 413 g/mol. The van der Waals surface area contributed by atoms with Crippen LogP contribution in [0.15, 0.2) is 24.3 Å². The molecule has 2 heterocycles. The topological polar surface area (TPSA) is 62.1 Å². The Bertz CT molecular complexity index is 776. The third-order valence-corrected chi connectivity index (χ3v) is 7.77. The van der Waals surface area contributed by atoms with E-state index >= 15 is 0 Å². The van der Waals surface area contributed by atoms with E-state index in [0.717, 1.165) is 38.3 Å². The Hall–Kier alpha value is -1.67. The van der Waals surface area contributed by atoms with Gasteiger partial charge >= 0.3 is 0 Å². The molecule has 2 atom stereocenters. The number of carbonyl (C=O) groups excluding carboxylic acids is 1. The number of hydrogen-bond donors (Lipinski definition) is 1. The number of piperazine rings is 1. The van der Waals surface area contributed by atoms with Gasteiger partial charge in [-0.25, -0.2) is 12.8 Å². The number of hydrogen-bond acceptors (Lipinski definition) is 4. The van der Waals surface area contributed by atoms with Crippen LogP contribution < -0.4 is 9.80 Å². The first-order valence-electron chi connectivity index (χ1n) is 10.1. The minimum absolute atomic E-state index is 0.0469. The van der Waals surface area contributed by atoms with E-state index in [1.165, 1.54) is 17.0 Å². The highest BCUT2D eigenvalue weighted by Gasteiger charge is 2.37. The summed E-state index contributed by atoms with van der Waals surface area (Å²) in [7, 11) is -3.02. The number of carbonyl (C=O) groups is 1. The largest absolute Gasteiger partial charge is 0.360 e. The van der Waals surface area contributed by atoms with Gasteiger partial charge in [-0.2, -0.15) is 0 Å². The van der Waals surface area contributed by atoms with Crippen molar-refractivity contribution in [1.29, 1.82) is 0 Å². The number of amides is 1. The molecular formula is C20H31FN3O3S+. The van der Waals surface area contributed by atoms with Crippen LogP contribution in [0.4, 0.5) is 10.1 Å². The smallest absolute Gasteiger partial charge is 0.278 e. The van der Waals surface area contributed by atoms with E-state index in [0.29, 0.717) is 13.0 Å². The van der Waals surface area contributed by atoms with E-state index in [9.17, 15) is 17.6 Å². The first-order valence-corrected chi connectivity index (χ1v) is 12.0. The molecule has 0 aromatic heterocycles. The van der Waals surface area contributed by atoms with Crippen LogP contribution in [0.3, 0.4) is 0 Å². The van der Waals surface area contributed by atoms with Crippen LogP contribution in [-0.2, 0) is 14.6 Å². The fourth-order valence-corrected chi connectivity index (χ4v) is 5.93. The predicted octanol–water partition coefficient (Wildman–Crippen LogP) is 0.345. The third-order valence-electron chi connectivity index (χ3n) is 6.02. The second-order valence-electron chi connectivity index (χ2n) is 8.01. The van der Waals surface area contributed by atoms with Crippen molar-refractivity contribution in [3.8, 4) is 0 Å². The van der Waals surface area contributed by atoms with Gasteiger partial charge in [-0.15, -0.1) is 0 Å². The van der Waals surface area contributed by atoms with Gasteiger partial charge in [-0.1, -0.05) is 6.92 Å². The number of benzene rings is 1. The van der Waals surface area contributed by atoms with Crippen molar-refractivity contribution < 1.29 is 22.5 Å². The van der Waals surface area contributed by atoms with E-state index < -0.39 is 9.84 Å². The van der Waals surface area contributed by atoms with E-state index in [4.69, 9.17) is 0 Å². The molecule has 28 heavy (non-hydrogen) atoms. The Morgan fingerprint density at radius 1 is 1.29 bits per heavy atom. The van der Waals surface area contributed by atoms with Gasteiger partial charge in [0.1, 0.15) is 5.82 Å². The molecule has 2 aliphatic heterocycles. The molecule has 6 nitrogen and oxygen atoms in total. The first kappa shape index (κ1) is 21.0. The molecule has 1 aromatic carbocycles. The fourth-order valence-electron chi connectivity index (χ4n) is 4.22. The fraction of sp³-hybridized carbons (Fsp3) is 0.650. The third kappa shape index (κ3) is 5.03. The second-order valence-corrected chi connectivity index (χ2v) is 10.2. The molecule has 1 aromatic rings. The van der Waals surface area contributed by atoms with Gasteiger partial charge in [-0.3, -0.25) is 4.79 Å². The molecule has 0 spiro atoms. The van der Waals surface area contributed by atoms with Crippen LogP contribution in [0, 0.1) is 5.82 Å². The van der Waals surface area contributed by atoms with E-state index in [1.54, 1.807) is 12.1 Å². The van der Waals surface area contributed by atoms with Crippen LogP contribution in [0.5, 0.6) is 0 Å². The quantitative estimate of drug-likeness (QED) is 0.732. The maximum Gasteiger partial charge on any atom is 0.278 e. The Kier molecular flexibility index (Phi) is 6.60. The molecule has 2 fully saturated rings. The van der Waals surface area contributed by atoms with Crippen LogP contribution in [0.1, 0.15) is 26.7 Å². The minimum atomic E-state index is -3.02. The number of sulfone groups is 1. The first-order chi connectivity index (χ1) is 13.3. The van der Waals surface area contributed by atoms with Crippen LogP contribution in [-0.4, -0.2) is 75.5 Å². The molecule has 0 bridgehead atoms.